The van der Waals surface area contributed by atoms with Gasteiger partial charge in [-0.3, -0.25) is 4.79 Å². The normalized spacial score (nSPS) is 29.4. The number of benzene rings is 1. The average molecular weight is 357 g/mol. The first-order valence-corrected chi connectivity index (χ1v) is 9.07. The van der Waals surface area contributed by atoms with Crippen molar-refractivity contribution < 1.29 is 9.90 Å². The van der Waals surface area contributed by atoms with E-state index in [4.69, 9.17) is 5.73 Å². The Kier molecular flexibility index (Phi) is 6.62. The number of thioether (sulfide) groups is 1. The molecule has 6 heteroatoms. The largest absolute Gasteiger partial charge is 0.508 e. The number of hydrogen-bond acceptors (Lipinski definition) is 4. The molecule has 0 heterocycles. The number of fused-ring (bicyclic) bond motifs is 2. The van der Waals surface area contributed by atoms with E-state index in [1.165, 1.54) is 31.0 Å². The smallest absolute Gasteiger partial charge is 0.230 e. The number of amides is 1. The molecule has 4 nitrogen and oxygen atoms in total. The second kappa shape index (κ2) is 8.27. The number of aromatic hydroxyl groups is 1. The number of nitrogens with two attached hydrogens (primary N) is 1. The van der Waals surface area contributed by atoms with E-state index in [0.717, 1.165) is 17.7 Å². The van der Waals surface area contributed by atoms with Gasteiger partial charge >= 0.3 is 0 Å². The fourth-order valence-corrected chi connectivity index (χ4v) is 4.65. The van der Waals surface area contributed by atoms with E-state index in [1.807, 2.05) is 12.1 Å². The predicted octanol–water partition coefficient (Wildman–Crippen LogP) is 2.93. The van der Waals surface area contributed by atoms with Gasteiger partial charge in [-0.15, -0.1) is 24.2 Å². The van der Waals surface area contributed by atoms with E-state index in [2.05, 4.69) is 5.32 Å². The van der Waals surface area contributed by atoms with Gasteiger partial charge in [0.1, 0.15) is 5.75 Å². The van der Waals surface area contributed by atoms with Crippen LogP contribution in [0.1, 0.15) is 32.1 Å². The van der Waals surface area contributed by atoms with Crippen molar-refractivity contribution in [2.45, 2.75) is 49.1 Å². The molecule has 0 aromatic heterocycles. The highest BCUT2D eigenvalue weighted by atomic mass is 35.5. The lowest BCUT2D eigenvalue weighted by Gasteiger charge is -2.45. The van der Waals surface area contributed by atoms with Crippen LogP contribution < -0.4 is 11.1 Å². The number of hydrogen-bond donors (Lipinski definition) is 3. The summed E-state index contributed by atoms with van der Waals surface area (Å²) in [6.07, 6.45) is 5.76. The maximum Gasteiger partial charge on any atom is 0.230 e. The maximum atomic E-state index is 12.3. The van der Waals surface area contributed by atoms with Crippen molar-refractivity contribution >= 4 is 30.1 Å². The van der Waals surface area contributed by atoms with Crippen LogP contribution in [0, 0.1) is 11.8 Å². The summed E-state index contributed by atoms with van der Waals surface area (Å²) in [5, 5.41) is 12.5. The van der Waals surface area contributed by atoms with Gasteiger partial charge in [-0.1, -0.05) is 6.42 Å². The van der Waals surface area contributed by atoms with Gasteiger partial charge in [-0.25, -0.2) is 0 Å². The van der Waals surface area contributed by atoms with Crippen LogP contribution in [0.5, 0.6) is 5.75 Å². The Hall–Kier alpha value is -0.910. The number of nitrogens with one attached hydrogen (secondary N) is 1. The Morgan fingerprint density at radius 2 is 1.83 bits per heavy atom. The van der Waals surface area contributed by atoms with Gasteiger partial charge < -0.3 is 16.2 Å². The van der Waals surface area contributed by atoms with Gasteiger partial charge in [-0.05, 0) is 61.8 Å². The monoisotopic (exact) mass is 356 g/mol. The molecule has 2 aliphatic carbocycles. The molecule has 2 fully saturated rings. The Morgan fingerprint density at radius 1 is 1.22 bits per heavy atom. The van der Waals surface area contributed by atoms with Gasteiger partial charge in [0.15, 0.2) is 0 Å². The van der Waals surface area contributed by atoms with Crippen molar-refractivity contribution in [3.8, 4) is 5.75 Å². The molecule has 0 spiro atoms. The molecule has 0 saturated heterocycles. The quantitative estimate of drug-likeness (QED) is 0.725. The zero-order valence-corrected chi connectivity index (χ0v) is 14.7. The van der Waals surface area contributed by atoms with Crippen LogP contribution >= 0.6 is 24.2 Å². The summed E-state index contributed by atoms with van der Waals surface area (Å²) in [6, 6.07) is 7.60. The minimum atomic E-state index is 0. The van der Waals surface area contributed by atoms with Crippen molar-refractivity contribution in [3.05, 3.63) is 24.3 Å². The maximum absolute atomic E-state index is 12.3. The first kappa shape index (κ1) is 18.4. The molecule has 3 rings (SSSR count). The lowest BCUT2D eigenvalue weighted by atomic mass is 9.67. The minimum absolute atomic E-state index is 0. The zero-order chi connectivity index (χ0) is 15.5. The van der Waals surface area contributed by atoms with Crippen LogP contribution in [-0.2, 0) is 4.79 Å². The van der Waals surface area contributed by atoms with E-state index >= 15 is 0 Å². The molecule has 2 aliphatic rings. The van der Waals surface area contributed by atoms with Gasteiger partial charge in [0.05, 0.1) is 5.75 Å². The lowest BCUT2D eigenvalue weighted by molar-refractivity contribution is -0.120. The Morgan fingerprint density at radius 3 is 2.43 bits per heavy atom. The highest BCUT2D eigenvalue weighted by Crippen LogP contribution is 2.39. The Balaban J connectivity index is 0.00000192. The third-order valence-corrected chi connectivity index (χ3v) is 5.92. The molecule has 2 atom stereocenters. The minimum Gasteiger partial charge on any atom is -0.508 e. The van der Waals surface area contributed by atoms with Crippen molar-refractivity contribution in [1.29, 1.82) is 0 Å². The molecule has 1 amide bonds. The van der Waals surface area contributed by atoms with Crippen LogP contribution in [-0.4, -0.2) is 28.9 Å². The molecular weight excluding hydrogens is 332 g/mol. The first-order chi connectivity index (χ1) is 10.6. The summed E-state index contributed by atoms with van der Waals surface area (Å²) in [7, 11) is 0. The number of rotatable bonds is 4. The van der Waals surface area contributed by atoms with Crippen molar-refractivity contribution in [1.82, 2.24) is 5.32 Å². The number of carbonyl (C=O) groups is 1. The van der Waals surface area contributed by atoms with Crippen LogP contribution in [0.4, 0.5) is 0 Å². The van der Waals surface area contributed by atoms with Gasteiger partial charge in [0.2, 0.25) is 5.91 Å². The standard InChI is InChI=1S/C17H24N2O2S.ClH/c18-13-8-11-2-1-3-12(9-13)17(11)19-16(21)10-22-15-6-4-14(20)5-7-15;/h4-7,11-13,17,20H,1-3,8-10,18H2,(H,19,21);1H. The van der Waals surface area contributed by atoms with Gasteiger partial charge in [-0.2, -0.15) is 0 Å². The Bertz CT molecular complexity index is 512. The number of halogens is 1. The molecule has 1 aromatic rings. The summed E-state index contributed by atoms with van der Waals surface area (Å²) in [5.41, 5.74) is 6.13. The van der Waals surface area contributed by atoms with E-state index < -0.39 is 0 Å². The summed E-state index contributed by atoms with van der Waals surface area (Å²) >= 11 is 1.51. The highest BCUT2D eigenvalue weighted by molar-refractivity contribution is 8.00. The highest BCUT2D eigenvalue weighted by Gasteiger charge is 2.39. The SMILES string of the molecule is Cl.NC1CC2CCCC(C1)C2NC(=O)CSc1ccc(O)cc1. The lowest BCUT2D eigenvalue weighted by Crippen LogP contribution is -2.54. The molecule has 1 aromatic carbocycles. The topological polar surface area (TPSA) is 75.3 Å². The molecule has 2 saturated carbocycles. The summed E-state index contributed by atoms with van der Waals surface area (Å²) < 4.78 is 0. The van der Waals surface area contributed by atoms with E-state index in [1.54, 1.807) is 12.1 Å². The molecular formula is C17H25ClN2O2S. The van der Waals surface area contributed by atoms with Crippen molar-refractivity contribution in [2.75, 3.05) is 5.75 Å². The molecule has 0 aliphatic heterocycles. The fourth-order valence-electron chi connectivity index (χ4n) is 3.94. The van der Waals surface area contributed by atoms with Crippen LogP contribution in [0.25, 0.3) is 0 Å². The molecule has 23 heavy (non-hydrogen) atoms. The molecule has 128 valence electrons. The average Bonchev–Trinajstić information content (AvgIpc) is 2.48. The zero-order valence-electron chi connectivity index (χ0n) is 13.1. The van der Waals surface area contributed by atoms with Crippen molar-refractivity contribution in [3.63, 3.8) is 0 Å². The van der Waals surface area contributed by atoms with E-state index in [9.17, 15) is 9.90 Å². The summed E-state index contributed by atoms with van der Waals surface area (Å²) in [5.74, 6) is 1.90. The van der Waals surface area contributed by atoms with Crippen LogP contribution in [0.3, 0.4) is 0 Å². The molecule has 4 N–H and O–H groups in total. The van der Waals surface area contributed by atoms with E-state index in [0.29, 0.717) is 29.7 Å². The van der Waals surface area contributed by atoms with E-state index in [-0.39, 0.29) is 24.1 Å². The number of carbonyl (C=O) groups excluding carboxylic acids is 1. The third kappa shape index (κ3) is 4.78. The second-order valence-electron chi connectivity index (χ2n) is 6.56. The molecule has 0 radical (unpaired) electrons. The van der Waals surface area contributed by atoms with Crippen LogP contribution in [0.15, 0.2) is 29.2 Å². The molecule has 2 unspecified atom stereocenters. The first-order valence-electron chi connectivity index (χ1n) is 8.08. The fraction of sp³-hybridized carbons (Fsp3) is 0.588. The second-order valence-corrected chi connectivity index (χ2v) is 7.61. The van der Waals surface area contributed by atoms with Gasteiger partial charge in [0, 0.05) is 17.0 Å². The molecule has 2 bridgehead atoms. The van der Waals surface area contributed by atoms with Crippen molar-refractivity contribution in [2.24, 2.45) is 17.6 Å². The number of phenols is 1. The Labute approximate surface area is 148 Å². The third-order valence-electron chi connectivity index (χ3n) is 4.91. The number of phenolic OH excluding ortho intramolecular Hbond substituents is 1. The summed E-state index contributed by atoms with van der Waals surface area (Å²) in [4.78, 5) is 13.3. The van der Waals surface area contributed by atoms with Gasteiger partial charge in [0.25, 0.3) is 0 Å². The predicted molar refractivity (Wildman–Crippen MR) is 96.0 cm³/mol. The van der Waals surface area contributed by atoms with Crippen LogP contribution in [0.2, 0.25) is 0 Å². The summed E-state index contributed by atoms with van der Waals surface area (Å²) in [6.45, 7) is 0.